The molecule has 0 N–H and O–H groups in total. The molecule has 1 aromatic rings. The monoisotopic (exact) mass is 360 g/mol. The van der Waals surface area contributed by atoms with Crippen molar-refractivity contribution in [1.82, 2.24) is 4.90 Å². The summed E-state index contributed by atoms with van der Waals surface area (Å²) in [5, 5.41) is 7.68. The Hall–Kier alpha value is -2.66. The van der Waals surface area contributed by atoms with Crippen LogP contribution in [0.5, 0.6) is 0 Å². The lowest BCUT2D eigenvalue weighted by molar-refractivity contribution is -0.138. The third-order valence-corrected chi connectivity index (χ3v) is 4.82. The van der Waals surface area contributed by atoms with Gasteiger partial charge in [0, 0.05) is 36.6 Å². The molecule has 0 aromatic heterocycles. The Balaban J connectivity index is 2.04. The van der Waals surface area contributed by atoms with E-state index in [4.69, 9.17) is 5.26 Å². The third kappa shape index (κ3) is 5.43. The first-order chi connectivity index (χ1) is 12.0. The molecule has 7 nitrogen and oxygen atoms in total. The fourth-order valence-corrected chi connectivity index (χ4v) is 3.43. The van der Waals surface area contributed by atoms with E-state index in [1.165, 1.54) is 6.26 Å². The summed E-state index contributed by atoms with van der Waals surface area (Å²) in [5.74, 6) is -1.26. The van der Waals surface area contributed by atoms with Gasteiger partial charge in [0.1, 0.15) is 0 Å². The molecule has 25 heavy (non-hydrogen) atoms. The minimum atomic E-state index is -0.709. The standard InChI is InChI=1S/C17H16N2O5S/c18-11-24-16(22)9-6-13(10-19-14(20)7-8-15(19)21)25-17(23)12-4-2-1-3-5-12/h1-5,13H,6-10H2. The van der Waals surface area contributed by atoms with Gasteiger partial charge in [-0.05, 0) is 6.42 Å². The van der Waals surface area contributed by atoms with Gasteiger partial charge in [-0.1, -0.05) is 42.1 Å². The first kappa shape index (κ1) is 18.7. The molecule has 0 radical (unpaired) electrons. The molecule has 2 amide bonds. The number of thioether (sulfide) groups is 1. The summed E-state index contributed by atoms with van der Waals surface area (Å²) in [5.41, 5.74) is 0.496. The molecular formula is C17H16N2O5S. The van der Waals surface area contributed by atoms with Crippen LogP contribution >= 0.6 is 11.8 Å². The van der Waals surface area contributed by atoms with E-state index in [1.54, 1.807) is 30.3 Å². The largest absolute Gasteiger partial charge is 0.351 e. The Morgan fingerprint density at radius 1 is 1.20 bits per heavy atom. The molecule has 1 unspecified atom stereocenters. The number of benzene rings is 1. The molecule has 0 aliphatic carbocycles. The number of rotatable bonds is 7. The lowest BCUT2D eigenvalue weighted by Gasteiger charge is -2.21. The second-order valence-corrected chi connectivity index (χ2v) is 6.67. The molecule has 0 spiro atoms. The summed E-state index contributed by atoms with van der Waals surface area (Å²) < 4.78 is 4.22. The number of esters is 1. The van der Waals surface area contributed by atoms with Gasteiger partial charge in [-0.3, -0.25) is 24.1 Å². The van der Waals surface area contributed by atoms with Gasteiger partial charge in [0.2, 0.25) is 16.9 Å². The van der Waals surface area contributed by atoms with Gasteiger partial charge >= 0.3 is 5.97 Å². The molecule has 1 aliphatic rings. The molecule has 8 heteroatoms. The van der Waals surface area contributed by atoms with Crippen molar-refractivity contribution in [2.24, 2.45) is 0 Å². The van der Waals surface area contributed by atoms with Crippen LogP contribution in [0.15, 0.2) is 30.3 Å². The van der Waals surface area contributed by atoms with Crippen LogP contribution in [-0.2, 0) is 19.1 Å². The van der Waals surface area contributed by atoms with Crippen molar-refractivity contribution in [3.63, 3.8) is 0 Å². The molecule has 0 bridgehead atoms. The Labute approximate surface area is 148 Å². The summed E-state index contributed by atoms with van der Waals surface area (Å²) in [7, 11) is 0. The van der Waals surface area contributed by atoms with Crippen LogP contribution in [-0.4, -0.2) is 39.6 Å². The first-order valence-electron chi connectivity index (χ1n) is 7.69. The van der Waals surface area contributed by atoms with Crippen molar-refractivity contribution >= 4 is 34.7 Å². The van der Waals surface area contributed by atoms with Gasteiger partial charge < -0.3 is 4.74 Å². The maximum Gasteiger partial charge on any atom is 0.321 e. The van der Waals surface area contributed by atoms with Crippen molar-refractivity contribution in [1.29, 1.82) is 5.26 Å². The van der Waals surface area contributed by atoms with Gasteiger partial charge in [-0.25, -0.2) is 0 Å². The minimum Gasteiger partial charge on any atom is -0.351 e. The smallest absolute Gasteiger partial charge is 0.321 e. The van der Waals surface area contributed by atoms with E-state index >= 15 is 0 Å². The van der Waals surface area contributed by atoms with Gasteiger partial charge in [0.25, 0.3) is 6.26 Å². The highest BCUT2D eigenvalue weighted by Gasteiger charge is 2.32. The van der Waals surface area contributed by atoms with Crippen LogP contribution in [0, 0.1) is 11.5 Å². The second-order valence-electron chi connectivity index (χ2n) is 5.40. The summed E-state index contributed by atoms with van der Waals surface area (Å²) in [4.78, 5) is 48.5. The van der Waals surface area contributed by atoms with Crippen molar-refractivity contribution in [2.75, 3.05) is 6.54 Å². The highest BCUT2D eigenvalue weighted by molar-refractivity contribution is 8.14. The maximum atomic E-state index is 12.4. The van der Waals surface area contributed by atoms with Crippen molar-refractivity contribution in [3.8, 4) is 6.26 Å². The number of imide groups is 1. The van der Waals surface area contributed by atoms with E-state index in [1.807, 2.05) is 0 Å². The van der Waals surface area contributed by atoms with Gasteiger partial charge in [-0.15, -0.1) is 5.26 Å². The molecule has 2 rings (SSSR count). The number of likely N-dealkylation sites (tertiary alicyclic amines) is 1. The van der Waals surface area contributed by atoms with Crippen LogP contribution in [0.25, 0.3) is 0 Å². The number of hydrogen-bond donors (Lipinski definition) is 0. The SMILES string of the molecule is N#COC(=O)CCC(CN1C(=O)CCC1=O)SC(=O)c1ccccc1. The number of hydrogen-bond acceptors (Lipinski definition) is 7. The lowest BCUT2D eigenvalue weighted by atomic mass is 10.2. The first-order valence-corrected chi connectivity index (χ1v) is 8.57. The average Bonchev–Trinajstić information content (AvgIpc) is 2.92. The number of amides is 2. The Morgan fingerprint density at radius 2 is 1.84 bits per heavy atom. The van der Waals surface area contributed by atoms with Crippen LogP contribution < -0.4 is 0 Å². The number of nitriles is 1. The summed E-state index contributed by atoms with van der Waals surface area (Å²) >= 11 is 0.973. The molecule has 1 saturated heterocycles. The van der Waals surface area contributed by atoms with Gasteiger partial charge in [-0.2, -0.15) is 0 Å². The maximum absolute atomic E-state index is 12.4. The van der Waals surface area contributed by atoms with E-state index in [0.717, 1.165) is 16.7 Å². The highest BCUT2D eigenvalue weighted by Crippen LogP contribution is 2.25. The van der Waals surface area contributed by atoms with E-state index in [0.29, 0.717) is 5.56 Å². The van der Waals surface area contributed by atoms with Crippen molar-refractivity contribution in [3.05, 3.63) is 35.9 Å². The van der Waals surface area contributed by atoms with E-state index in [2.05, 4.69) is 4.74 Å². The molecule has 1 aliphatic heterocycles. The Bertz CT molecular complexity index is 697. The topological polar surface area (TPSA) is 105 Å². The lowest BCUT2D eigenvalue weighted by Crippen LogP contribution is -2.36. The molecular weight excluding hydrogens is 344 g/mol. The van der Waals surface area contributed by atoms with Crippen molar-refractivity contribution in [2.45, 2.75) is 30.9 Å². The predicted octanol–water partition coefficient (Wildman–Crippen LogP) is 1.88. The zero-order valence-corrected chi connectivity index (χ0v) is 14.2. The van der Waals surface area contributed by atoms with Gasteiger partial charge in [0.05, 0.1) is 0 Å². The Morgan fingerprint density at radius 3 is 2.44 bits per heavy atom. The summed E-state index contributed by atoms with van der Waals surface area (Å²) in [6, 6.07) is 8.60. The normalized spacial score (nSPS) is 14.9. The number of ether oxygens (including phenoxy) is 1. The Kier molecular flexibility index (Phi) is 6.71. The van der Waals surface area contributed by atoms with E-state index < -0.39 is 11.2 Å². The molecule has 1 aromatic carbocycles. The molecule has 0 saturated carbocycles. The average molecular weight is 360 g/mol. The zero-order chi connectivity index (χ0) is 18.2. The zero-order valence-electron chi connectivity index (χ0n) is 13.3. The quantitative estimate of drug-likeness (QED) is 0.415. The van der Waals surface area contributed by atoms with Crippen LogP contribution in [0.3, 0.4) is 0 Å². The van der Waals surface area contributed by atoms with Crippen LogP contribution in [0.4, 0.5) is 0 Å². The molecule has 1 heterocycles. The fourth-order valence-electron chi connectivity index (χ4n) is 2.39. The second kappa shape index (κ2) is 8.99. The predicted molar refractivity (Wildman–Crippen MR) is 89.0 cm³/mol. The van der Waals surface area contributed by atoms with Gasteiger partial charge in [0.15, 0.2) is 0 Å². The summed E-state index contributed by atoms with van der Waals surface area (Å²) in [6.07, 6.45) is 1.76. The van der Waals surface area contributed by atoms with Crippen LogP contribution in [0.2, 0.25) is 0 Å². The number of carbonyl (C=O) groups excluding carboxylic acids is 4. The molecule has 130 valence electrons. The highest BCUT2D eigenvalue weighted by atomic mass is 32.2. The third-order valence-electron chi connectivity index (χ3n) is 3.65. The van der Waals surface area contributed by atoms with E-state index in [9.17, 15) is 19.2 Å². The molecule has 1 atom stereocenters. The fraction of sp³-hybridized carbons (Fsp3) is 0.353. The minimum absolute atomic E-state index is 0.0563. The van der Waals surface area contributed by atoms with E-state index in [-0.39, 0.29) is 49.2 Å². The summed E-state index contributed by atoms with van der Waals surface area (Å²) in [6.45, 7) is 0.0563. The number of carbonyl (C=O) groups is 4. The molecule has 1 fully saturated rings. The van der Waals surface area contributed by atoms with Crippen molar-refractivity contribution < 1.29 is 23.9 Å². The van der Waals surface area contributed by atoms with Crippen LogP contribution in [0.1, 0.15) is 36.0 Å². The number of nitrogens with zero attached hydrogens (tertiary/aromatic N) is 2.